The van der Waals surface area contributed by atoms with Crippen molar-refractivity contribution in [3.8, 4) is 0 Å². The van der Waals surface area contributed by atoms with Crippen LogP contribution in [0.15, 0.2) is 12.3 Å². The lowest BCUT2D eigenvalue weighted by Gasteiger charge is -2.03. The first kappa shape index (κ1) is 11.4. The highest BCUT2D eigenvalue weighted by Gasteiger charge is 2.16. The number of aromatic nitrogens is 3. The highest BCUT2D eigenvalue weighted by Crippen LogP contribution is 2.19. The molecular weight excluding hydrogens is 230 g/mol. The molecule has 0 aliphatic rings. The van der Waals surface area contributed by atoms with Crippen molar-refractivity contribution in [2.75, 3.05) is 5.32 Å². The zero-order valence-electron chi connectivity index (χ0n) is 9.24. The number of rotatable bonds is 2. The fourth-order valence-corrected chi connectivity index (χ4v) is 1.57. The minimum atomic E-state index is -3.04. The topological polar surface area (TPSA) is 59.8 Å². The number of nitrogens with zero attached hydrogens (tertiary/aromatic N) is 3. The van der Waals surface area contributed by atoms with Gasteiger partial charge >= 0.3 is 6.43 Å². The normalized spacial score (nSPS) is 11.1. The van der Waals surface area contributed by atoms with E-state index in [0.717, 1.165) is 11.1 Å². The predicted molar refractivity (Wildman–Crippen MR) is 57.9 cm³/mol. The number of halogens is 2. The molecule has 2 rings (SSSR count). The first-order chi connectivity index (χ1) is 7.99. The Morgan fingerprint density at radius 3 is 2.88 bits per heavy atom. The van der Waals surface area contributed by atoms with Crippen LogP contribution in [-0.2, 0) is 11.8 Å². The third-order valence-electron chi connectivity index (χ3n) is 2.33. The maximum Gasteiger partial charge on any atom is 0.315 e. The Morgan fingerprint density at radius 1 is 1.53 bits per heavy atom. The summed E-state index contributed by atoms with van der Waals surface area (Å²) in [6, 6.07) is 1.57. The average molecular weight is 240 g/mol. The number of hydrogen-bond acceptors (Lipinski definition) is 3. The van der Waals surface area contributed by atoms with Gasteiger partial charge in [0.05, 0.1) is 17.6 Å². The Labute approximate surface area is 95.4 Å². The molecule has 2 heterocycles. The van der Waals surface area contributed by atoms with Crippen LogP contribution in [0.4, 0.5) is 14.5 Å². The van der Waals surface area contributed by atoms with Gasteiger partial charge in [-0.25, -0.2) is 4.98 Å². The van der Waals surface area contributed by atoms with Crippen LogP contribution in [0.2, 0.25) is 0 Å². The largest absolute Gasteiger partial charge is 0.320 e. The van der Waals surface area contributed by atoms with Crippen molar-refractivity contribution in [1.82, 2.24) is 14.8 Å². The molecule has 0 aliphatic carbocycles. The third kappa shape index (κ3) is 2.08. The van der Waals surface area contributed by atoms with Crippen molar-refractivity contribution in [3.63, 3.8) is 0 Å². The molecule has 0 atom stereocenters. The molecule has 2 aromatic heterocycles. The SMILES string of the molecule is Cc1nn(C)c2ncc(NC(=O)C(F)F)cc12. The number of hydrogen-bond donors (Lipinski definition) is 1. The van der Waals surface area contributed by atoms with E-state index in [2.05, 4.69) is 15.4 Å². The van der Waals surface area contributed by atoms with Crippen LogP contribution >= 0.6 is 0 Å². The minimum Gasteiger partial charge on any atom is -0.320 e. The van der Waals surface area contributed by atoms with E-state index in [1.165, 1.54) is 6.20 Å². The summed E-state index contributed by atoms with van der Waals surface area (Å²) >= 11 is 0. The second-order valence-corrected chi connectivity index (χ2v) is 3.59. The summed E-state index contributed by atoms with van der Waals surface area (Å²) in [5, 5.41) is 6.94. The van der Waals surface area contributed by atoms with Gasteiger partial charge in [0, 0.05) is 12.4 Å². The predicted octanol–water partition coefficient (Wildman–Crippen LogP) is 1.48. The lowest BCUT2D eigenvalue weighted by atomic mass is 10.2. The van der Waals surface area contributed by atoms with Gasteiger partial charge in [0.1, 0.15) is 0 Å². The minimum absolute atomic E-state index is 0.235. The van der Waals surface area contributed by atoms with Gasteiger partial charge in [0.2, 0.25) is 0 Å². The Morgan fingerprint density at radius 2 is 2.24 bits per heavy atom. The molecule has 0 radical (unpaired) electrons. The van der Waals surface area contributed by atoms with Gasteiger partial charge in [-0.1, -0.05) is 0 Å². The summed E-state index contributed by atoms with van der Waals surface area (Å²) in [6.45, 7) is 1.78. The molecule has 5 nitrogen and oxygen atoms in total. The summed E-state index contributed by atoms with van der Waals surface area (Å²) in [5.41, 5.74) is 1.60. The maximum atomic E-state index is 12.1. The summed E-state index contributed by atoms with van der Waals surface area (Å²) in [4.78, 5) is 14.9. The van der Waals surface area contributed by atoms with E-state index in [-0.39, 0.29) is 5.69 Å². The Hall–Kier alpha value is -2.05. The summed E-state index contributed by atoms with van der Waals surface area (Å²) in [6.07, 6.45) is -1.72. The molecule has 0 aliphatic heterocycles. The summed E-state index contributed by atoms with van der Waals surface area (Å²) in [7, 11) is 1.74. The Balaban J connectivity index is 2.38. The molecule has 0 aromatic carbocycles. The van der Waals surface area contributed by atoms with Crippen LogP contribution in [0.1, 0.15) is 5.69 Å². The zero-order valence-corrected chi connectivity index (χ0v) is 9.24. The molecule has 0 unspecified atom stereocenters. The molecule has 0 bridgehead atoms. The number of anilines is 1. The number of nitrogens with one attached hydrogen (secondary N) is 1. The second kappa shape index (κ2) is 4.08. The Bertz CT molecular complexity index is 579. The number of alkyl halides is 2. The van der Waals surface area contributed by atoms with Gasteiger partial charge in [0.15, 0.2) is 5.65 Å². The summed E-state index contributed by atoms with van der Waals surface area (Å²) in [5.74, 6) is -1.34. The highest BCUT2D eigenvalue weighted by atomic mass is 19.3. The van der Waals surface area contributed by atoms with Gasteiger partial charge < -0.3 is 5.32 Å². The molecule has 0 spiro atoms. The fourth-order valence-electron chi connectivity index (χ4n) is 1.57. The molecular formula is C10H10F2N4O. The van der Waals surface area contributed by atoms with E-state index in [9.17, 15) is 13.6 Å². The molecule has 0 fully saturated rings. The molecule has 0 saturated carbocycles. The average Bonchev–Trinajstić information content (AvgIpc) is 2.54. The third-order valence-corrected chi connectivity index (χ3v) is 2.33. The van der Waals surface area contributed by atoms with E-state index in [1.807, 2.05) is 0 Å². The molecule has 90 valence electrons. The van der Waals surface area contributed by atoms with Crippen LogP contribution in [0.5, 0.6) is 0 Å². The first-order valence-corrected chi connectivity index (χ1v) is 4.87. The number of amides is 1. The van der Waals surface area contributed by atoms with E-state index in [4.69, 9.17) is 0 Å². The zero-order chi connectivity index (χ0) is 12.6. The standard InChI is InChI=1S/C10H10F2N4O/c1-5-7-3-6(14-10(17)8(11)12)4-13-9(7)16(2)15-5/h3-4,8H,1-2H3,(H,14,17). The van der Waals surface area contributed by atoms with Crippen LogP contribution in [0.25, 0.3) is 11.0 Å². The summed E-state index contributed by atoms with van der Waals surface area (Å²) < 4.78 is 25.7. The smallest absolute Gasteiger partial charge is 0.315 e. The lowest BCUT2D eigenvalue weighted by Crippen LogP contribution is -2.20. The van der Waals surface area contributed by atoms with E-state index in [1.54, 1.807) is 24.7 Å². The molecule has 17 heavy (non-hydrogen) atoms. The lowest BCUT2D eigenvalue weighted by molar-refractivity contribution is -0.126. The van der Waals surface area contributed by atoms with Gasteiger partial charge in [-0.3, -0.25) is 9.48 Å². The second-order valence-electron chi connectivity index (χ2n) is 3.59. The number of aryl methyl sites for hydroxylation is 2. The molecule has 0 saturated heterocycles. The van der Waals surface area contributed by atoms with Gasteiger partial charge in [-0.15, -0.1) is 0 Å². The quantitative estimate of drug-likeness (QED) is 0.864. The maximum absolute atomic E-state index is 12.1. The molecule has 2 aromatic rings. The van der Waals surface area contributed by atoms with Crippen molar-refractivity contribution in [3.05, 3.63) is 18.0 Å². The van der Waals surface area contributed by atoms with Gasteiger partial charge in [0.25, 0.3) is 5.91 Å². The van der Waals surface area contributed by atoms with Crippen LogP contribution in [0, 0.1) is 6.92 Å². The number of fused-ring (bicyclic) bond motifs is 1. The van der Waals surface area contributed by atoms with E-state index < -0.39 is 12.3 Å². The van der Waals surface area contributed by atoms with Crippen molar-refractivity contribution >= 4 is 22.6 Å². The van der Waals surface area contributed by atoms with Crippen LogP contribution < -0.4 is 5.32 Å². The van der Waals surface area contributed by atoms with Gasteiger partial charge in [-0.05, 0) is 13.0 Å². The van der Waals surface area contributed by atoms with E-state index in [0.29, 0.717) is 5.65 Å². The first-order valence-electron chi connectivity index (χ1n) is 4.87. The molecule has 1 amide bonds. The van der Waals surface area contributed by atoms with Crippen LogP contribution in [0.3, 0.4) is 0 Å². The number of carbonyl (C=O) groups excluding carboxylic acids is 1. The fraction of sp³-hybridized carbons (Fsp3) is 0.300. The highest BCUT2D eigenvalue weighted by molar-refractivity contribution is 5.94. The molecule has 1 N–H and O–H groups in total. The number of pyridine rings is 1. The number of carbonyl (C=O) groups is 1. The van der Waals surface area contributed by atoms with Gasteiger partial charge in [-0.2, -0.15) is 13.9 Å². The van der Waals surface area contributed by atoms with Crippen LogP contribution in [-0.4, -0.2) is 27.1 Å². The van der Waals surface area contributed by atoms with Crippen molar-refractivity contribution < 1.29 is 13.6 Å². The molecule has 7 heteroatoms. The van der Waals surface area contributed by atoms with Crippen molar-refractivity contribution in [2.24, 2.45) is 7.05 Å². The van der Waals surface area contributed by atoms with E-state index >= 15 is 0 Å². The monoisotopic (exact) mass is 240 g/mol. The van der Waals surface area contributed by atoms with Crippen molar-refractivity contribution in [1.29, 1.82) is 0 Å². The Kier molecular flexibility index (Phi) is 2.74. The van der Waals surface area contributed by atoms with Crippen molar-refractivity contribution in [2.45, 2.75) is 13.3 Å².